The molecule has 0 radical (unpaired) electrons. The molecule has 0 bridgehead atoms. The van der Waals surface area contributed by atoms with Crippen LogP contribution >= 0.6 is 0 Å². The molecule has 5 heteroatoms. The van der Waals surface area contributed by atoms with E-state index in [0.29, 0.717) is 19.0 Å². The Bertz CT molecular complexity index is 391. The molecule has 0 heterocycles. The summed E-state index contributed by atoms with van der Waals surface area (Å²) >= 11 is 0. The van der Waals surface area contributed by atoms with Crippen LogP contribution in [0.2, 0.25) is 0 Å². The van der Waals surface area contributed by atoms with Crippen molar-refractivity contribution in [3.8, 4) is 0 Å². The van der Waals surface area contributed by atoms with Crippen LogP contribution in [0.1, 0.15) is 64.7 Å². The minimum absolute atomic E-state index is 0.142. The second-order valence-corrected chi connectivity index (χ2v) is 8.52. The number of nitrogens with two attached hydrogens (primary N) is 1. The molecular formula is C15H30N2O2S. The normalized spacial score (nSPS) is 29.8. The van der Waals surface area contributed by atoms with Gasteiger partial charge in [0.25, 0.3) is 0 Å². The van der Waals surface area contributed by atoms with Gasteiger partial charge in [0.05, 0.1) is 5.25 Å². The molecule has 2 saturated carbocycles. The average molecular weight is 302 g/mol. The molecule has 0 aromatic heterocycles. The lowest BCUT2D eigenvalue weighted by Crippen LogP contribution is -2.51. The third-order valence-corrected chi connectivity index (χ3v) is 7.65. The maximum Gasteiger partial charge on any atom is 0.217 e. The predicted octanol–water partition coefficient (Wildman–Crippen LogP) is 2.49. The average Bonchev–Trinajstić information content (AvgIpc) is 2.49. The van der Waals surface area contributed by atoms with E-state index in [4.69, 9.17) is 5.73 Å². The highest BCUT2D eigenvalue weighted by Gasteiger charge is 2.39. The molecule has 0 spiro atoms. The molecule has 0 aliphatic heterocycles. The van der Waals surface area contributed by atoms with Crippen LogP contribution in [0.3, 0.4) is 0 Å². The summed E-state index contributed by atoms with van der Waals surface area (Å²) < 4.78 is 27.7. The number of sulfonamides is 1. The van der Waals surface area contributed by atoms with Gasteiger partial charge < -0.3 is 5.73 Å². The summed E-state index contributed by atoms with van der Waals surface area (Å²) in [7, 11) is -3.14. The van der Waals surface area contributed by atoms with Crippen LogP contribution in [0.4, 0.5) is 0 Å². The highest BCUT2D eigenvalue weighted by Crippen LogP contribution is 2.33. The van der Waals surface area contributed by atoms with Gasteiger partial charge in [-0.25, -0.2) is 8.42 Å². The highest BCUT2D eigenvalue weighted by atomic mass is 32.2. The van der Waals surface area contributed by atoms with Crippen molar-refractivity contribution in [1.29, 1.82) is 0 Å². The summed E-state index contributed by atoms with van der Waals surface area (Å²) in [6, 6.07) is 0.144. The zero-order valence-electron chi connectivity index (χ0n) is 12.8. The first-order valence-electron chi connectivity index (χ1n) is 8.32. The topological polar surface area (TPSA) is 63.4 Å². The highest BCUT2D eigenvalue weighted by molar-refractivity contribution is 7.89. The van der Waals surface area contributed by atoms with E-state index in [1.165, 1.54) is 12.8 Å². The molecule has 0 aromatic carbocycles. The molecule has 2 aliphatic carbocycles. The molecule has 4 nitrogen and oxygen atoms in total. The van der Waals surface area contributed by atoms with Crippen molar-refractivity contribution in [1.82, 2.24) is 4.31 Å². The Morgan fingerprint density at radius 1 is 1.00 bits per heavy atom. The van der Waals surface area contributed by atoms with Gasteiger partial charge in [0, 0.05) is 12.6 Å². The first kappa shape index (κ1) is 16.2. The van der Waals surface area contributed by atoms with E-state index >= 15 is 0 Å². The number of hydrogen-bond acceptors (Lipinski definition) is 3. The minimum atomic E-state index is -3.14. The van der Waals surface area contributed by atoms with Crippen molar-refractivity contribution in [2.24, 2.45) is 11.7 Å². The minimum Gasteiger partial charge on any atom is -0.330 e. The molecule has 2 N–H and O–H groups in total. The second-order valence-electron chi connectivity index (χ2n) is 6.36. The van der Waals surface area contributed by atoms with E-state index in [1.54, 1.807) is 4.31 Å². The van der Waals surface area contributed by atoms with Gasteiger partial charge in [-0.15, -0.1) is 0 Å². The molecule has 0 aromatic rings. The summed E-state index contributed by atoms with van der Waals surface area (Å²) in [5.41, 5.74) is 5.89. The van der Waals surface area contributed by atoms with Gasteiger partial charge in [0.1, 0.15) is 0 Å². The molecule has 2 fully saturated rings. The molecule has 2 unspecified atom stereocenters. The van der Waals surface area contributed by atoms with E-state index in [0.717, 1.165) is 44.9 Å². The lowest BCUT2D eigenvalue weighted by Gasteiger charge is -2.40. The van der Waals surface area contributed by atoms with Crippen LogP contribution in [-0.2, 0) is 10.0 Å². The summed E-state index contributed by atoms with van der Waals surface area (Å²) in [5, 5.41) is -0.142. The fourth-order valence-electron chi connectivity index (χ4n) is 4.00. The third-order valence-electron chi connectivity index (χ3n) is 5.15. The van der Waals surface area contributed by atoms with Crippen molar-refractivity contribution in [3.63, 3.8) is 0 Å². The third kappa shape index (κ3) is 3.37. The Labute approximate surface area is 124 Å². The Morgan fingerprint density at radius 3 is 2.20 bits per heavy atom. The van der Waals surface area contributed by atoms with E-state index in [1.807, 2.05) is 6.92 Å². The molecule has 20 heavy (non-hydrogen) atoms. The summed E-state index contributed by atoms with van der Waals surface area (Å²) in [6.45, 7) is 3.18. The van der Waals surface area contributed by atoms with Crippen molar-refractivity contribution in [3.05, 3.63) is 0 Å². The van der Waals surface area contributed by atoms with Gasteiger partial charge in [0.15, 0.2) is 0 Å². The van der Waals surface area contributed by atoms with Crippen molar-refractivity contribution < 1.29 is 8.42 Å². The zero-order chi connectivity index (χ0) is 14.6. The standard InChI is InChI=1S/C15H30N2O2S/c1-2-17(15-11-7-6-8-13(15)12-16)20(18,19)14-9-4-3-5-10-14/h13-15H,2-12,16H2,1H3. The van der Waals surface area contributed by atoms with Crippen LogP contribution in [0.25, 0.3) is 0 Å². The second kappa shape index (κ2) is 7.23. The molecule has 0 saturated heterocycles. The fourth-order valence-corrected chi connectivity index (χ4v) is 6.33. The zero-order valence-corrected chi connectivity index (χ0v) is 13.6. The van der Waals surface area contributed by atoms with E-state index < -0.39 is 10.0 Å². The van der Waals surface area contributed by atoms with Crippen LogP contribution in [0.15, 0.2) is 0 Å². The van der Waals surface area contributed by atoms with Gasteiger partial charge >= 0.3 is 0 Å². The van der Waals surface area contributed by atoms with Crippen LogP contribution < -0.4 is 5.73 Å². The van der Waals surface area contributed by atoms with Gasteiger partial charge in [-0.05, 0) is 38.1 Å². The molecular weight excluding hydrogens is 272 g/mol. The molecule has 2 aliphatic rings. The van der Waals surface area contributed by atoms with E-state index in [-0.39, 0.29) is 11.3 Å². The maximum absolute atomic E-state index is 13.0. The molecule has 0 amide bonds. The van der Waals surface area contributed by atoms with Gasteiger partial charge in [-0.2, -0.15) is 4.31 Å². The van der Waals surface area contributed by atoms with Crippen LogP contribution in [0.5, 0.6) is 0 Å². The lowest BCUT2D eigenvalue weighted by molar-refractivity contribution is 0.185. The lowest BCUT2D eigenvalue weighted by atomic mass is 9.84. The Kier molecular flexibility index (Phi) is 5.87. The smallest absolute Gasteiger partial charge is 0.217 e. The van der Waals surface area contributed by atoms with Gasteiger partial charge in [-0.1, -0.05) is 39.0 Å². The van der Waals surface area contributed by atoms with Gasteiger partial charge in [0.2, 0.25) is 10.0 Å². The largest absolute Gasteiger partial charge is 0.330 e. The van der Waals surface area contributed by atoms with Crippen molar-refractivity contribution in [2.75, 3.05) is 13.1 Å². The Balaban J connectivity index is 2.16. The molecule has 2 rings (SSSR count). The molecule has 118 valence electrons. The van der Waals surface area contributed by atoms with Crippen LogP contribution in [0, 0.1) is 5.92 Å². The van der Waals surface area contributed by atoms with E-state index in [2.05, 4.69) is 0 Å². The quantitative estimate of drug-likeness (QED) is 0.848. The molecule has 2 atom stereocenters. The van der Waals surface area contributed by atoms with Crippen LogP contribution in [-0.4, -0.2) is 37.1 Å². The number of nitrogens with zero attached hydrogens (tertiary/aromatic N) is 1. The summed E-state index contributed by atoms with van der Waals surface area (Å²) in [6.07, 6.45) is 9.40. The Morgan fingerprint density at radius 2 is 1.60 bits per heavy atom. The first-order chi connectivity index (χ1) is 9.61. The SMILES string of the molecule is CCN(C1CCCCC1CN)S(=O)(=O)C1CCCCC1. The Hall–Kier alpha value is -0.130. The fraction of sp³-hybridized carbons (Fsp3) is 1.00. The van der Waals surface area contributed by atoms with Crippen molar-refractivity contribution in [2.45, 2.75) is 76.0 Å². The summed E-state index contributed by atoms with van der Waals surface area (Å²) in [5.74, 6) is 0.349. The maximum atomic E-state index is 13.0. The van der Waals surface area contributed by atoms with Crippen molar-refractivity contribution >= 4 is 10.0 Å². The number of hydrogen-bond donors (Lipinski definition) is 1. The number of rotatable bonds is 5. The monoisotopic (exact) mass is 302 g/mol. The van der Waals surface area contributed by atoms with Gasteiger partial charge in [-0.3, -0.25) is 0 Å². The first-order valence-corrected chi connectivity index (χ1v) is 9.82. The van der Waals surface area contributed by atoms with E-state index in [9.17, 15) is 8.42 Å². The summed E-state index contributed by atoms with van der Waals surface area (Å²) in [4.78, 5) is 0. The predicted molar refractivity (Wildman–Crippen MR) is 83.0 cm³/mol.